The lowest BCUT2D eigenvalue weighted by molar-refractivity contribution is -0.122. The van der Waals surface area contributed by atoms with Gasteiger partial charge in [-0.1, -0.05) is 30.3 Å². The second-order valence-electron chi connectivity index (χ2n) is 8.02. The van der Waals surface area contributed by atoms with Gasteiger partial charge in [-0.3, -0.25) is 9.59 Å². The van der Waals surface area contributed by atoms with Crippen molar-refractivity contribution in [2.75, 3.05) is 18.1 Å². The van der Waals surface area contributed by atoms with Gasteiger partial charge in [0, 0.05) is 6.54 Å². The summed E-state index contributed by atoms with van der Waals surface area (Å²) in [6, 6.07) is 18.9. The molecule has 0 aliphatic carbocycles. The molecule has 1 aliphatic rings. The Bertz CT molecular complexity index is 1300. The van der Waals surface area contributed by atoms with Crippen LogP contribution in [0.3, 0.4) is 0 Å². The van der Waals surface area contributed by atoms with E-state index in [2.05, 4.69) is 0 Å². The Morgan fingerprint density at radius 3 is 2.26 bits per heavy atom. The minimum absolute atomic E-state index is 0.0233. The van der Waals surface area contributed by atoms with E-state index >= 15 is 0 Å². The Labute approximate surface area is 203 Å². The van der Waals surface area contributed by atoms with Gasteiger partial charge in [-0.2, -0.15) is 4.31 Å². The van der Waals surface area contributed by atoms with Crippen molar-refractivity contribution in [2.24, 2.45) is 0 Å². The van der Waals surface area contributed by atoms with E-state index in [0.29, 0.717) is 24.5 Å². The maximum absolute atomic E-state index is 13.6. The number of carbonyl (C=O) groups is 2. The lowest BCUT2D eigenvalue weighted by Crippen LogP contribution is -2.46. The van der Waals surface area contributed by atoms with E-state index in [-0.39, 0.29) is 17.9 Å². The Morgan fingerprint density at radius 1 is 0.971 bits per heavy atom. The highest BCUT2D eigenvalue weighted by molar-refractivity contribution is 7.89. The second kappa shape index (κ2) is 10.4. The van der Waals surface area contributed by atoms with Gasteiger partial charge >= 0.3 is 0 Å². The molecule has 2 amide bonds. The smallest absolute Gasteiger partial charge is 0.252 e. The lowest BCUT2D eigenvalue weighted by Gasteiger charge is -2.27. The van der Waals surface area contributed by atoms with Crippen LogP contribution in [0.15, 0.2) is 83.8 Å². The van der Waals surface area contributed by atoms with Crippen LogP contribution in [0, 0.1) is 5.82 Å². The van der Waals surface area contributed by atoms with Crippen LogP contribution in [-0.2, 0) is 26.0 Å². The highest BCUT2D eigenvalue weighted by atomic mass is 32.2. The number of anilines is 1. The summed E-state index contributed by atoms with van der Waals surface area (Å²) in [5.41, 5.74) is 1.22. The van der Waals surface area contributed by atoms with Gasteiger partial charge in [-0.15, -0.1) is 0 Å². The number of carbonyl (C=O) groups excluding carboxylic acids is 2. The van der Waals surface area contributed by atoms with Crippen LogP contribution < -0.4 is 9.64 Å². The van der Waals surface area contributed by atoms with E-state index in [0.717, 1.165) is 39.0 Å². The van der Waals surface area contributed by atoms with Gasteiger partial charge in [0.25, 0.3) is 5.91 Å². The minimum atomic E-state index is -4.20. The van der Waals surface area contributed by atoms with E-state index in [1.807, 2.05) is 37.3 Å². The summed E-state index contributed by atoms with van der Waals surface area (Å²) in [7, 11) is -4.20. The summed E-state index contributed by atoms with van der Waals surface area (Å²) in [4.78, 5) is 27.2. The molecule has 7 nitrogen and oxygen atoms in total. The first-order valence-electron chi connectivity index (χ1n) is 11.2. The van der Waals surface area contributed by atoms with Crippen molar-refractivity contribution in [2.45, 2.75) is 30.7 Å². The van der Waals surface area contributed by atoms with Crippen LogP contribution in [0.25, 0.3) is 0 Å². The molecule has 0 aromatic heterocycles. The molecule has 3 aromatic rings. The predicted molar refractivity (Wildman–Crippen MR) is 129 cm³/mol. The number of hydrogen-bond donors (Lipinski definition) is 0. The predicted octanol–water partition coefficient (Wildman–Crippen LogP) is 3.79. The largest absolute Gasteiger partial charge is 0.494 e. The summed E-state index contributed by atoms with van der Waals surface area (Å²) in [5, 5.41) is 0. The zero-order chi connectivity index (χ0) is 25.0. The van der Waals surface area contributed by atoms with E-state index in [4.69, 9.17) is 4.74 Å². The molecule has 0 N–H and O–H groups in total. The Kier molecular flexibility index (Phi) is 7.28. The van der Waals surface area contributed by atoms with E-state index < -0.39 is 33.7 Å². The first kappa shape index (κ1) is 24.6. The number of benzene rings is 3. The monoisotopic (exact) mass is 496 g/mol. The standard InChI is InChI=1S/C26H25FN2O5S/c1-2-34-22-12-10-21(11-13-22)29-25(30)18-24(26(29)31)28(17-16-19-6-4-3-5-7-19)35(32,33)23-14-8-20(27)9-15-23/h3-15,24H,2,16-18H2,1H3. The Morgan fingerprint density at radius 2 is 1.63 bits per heavy atom. The molecule has 0 saturated carbocycles. The van der Waals surface area contributed by atoms with Crippen LogP contribution in [0.2, 0.25) is 0 Å². The van der Waals surface area contributed by atoms with E-state index in [1.54, 1.807) is 24.3 Å². The molecule has 1 saturated heterocycles. The summed E-state index contributed by atoms with van der Waals surface area (Å²) in [6.07, 6.45) is 0.0452. The molecule has 4 rings (SSSR count). The molecule has 3 aromatic carbocycles. The molecule has 1 heterocycles. The number of sulfonamides is 1. The van der Waals surface area contributed by atoms with Crippen molar-refractivity contribution in [1.29, 1.82) is 0 Å². The Hall–Kier alpha value is -3.56. The fourth-order valence-corrected chi connectivity index (χ4v) is 5.62. The lowest BCUT2D eigenvalue weighted by atomic mass is 10.1. The molecular formula is C26H25FN2O5S. The number of amides is 2. The van der Waals surface area contributed by atoms with Crippen molar-refractivity contribution >= 4 is 27.5 Å². The molecule has 1 fully saturated rings. The van der Waals surface area contributed by atoms with Gasteiger partial charge in [-0.05, 0) is 67.4 Å². The van der Waals surface area contributed by atoms with E-state index in [1.165, 1.54) is 0 Å². The number of nitrogens with zero attached hydrogens (tertiary/aromatic N) is 2. The number of hydrogen-bond acceptors (Lipinski definition) is 5. The number of rotatable bonds is 9. The van der Waals surface area contributed by atoms with Crippen LogP contribution in [0.1, 0.15) is 18.9 Å². The van der Waals surface area contributed by atoms with Gasteiger partial charge in [0.05, 0.1) is 23.6 Å². The highest BCUT2D eigenvalue weighted by Crippen LogP contribution is 2.30. The van der Waals surface area contributed by atoms with Crippen molar-refractivity contribution < 1.29 is 27.1 Å². The fourth-order valence-electron chi connectivity index (χ4n) is 4.04. The summed E-state index contributed by atoms with van der Waals surface area (Å²) < 4.78 is 47.1. The van der Waals surface area contributed by atoms with Crippen LogP contribution in [0.5, 0.6) is 5.75 Å². The third-order valence-corrected chi connectivity index (χ3v) is 7.68. The third-order valence-electron chi connectivity index (χ3n) is 5.76. The van der Waals surface area contributed by atoms with Crippen molar-refractivity contribution in [3.05, 3.63) is 90.2 Å². The van der Waals surface area contributed by atoms with Crippen LogP contribution in [0.4, 0.5) is 10.1 Å². The molecule has 1 aliphatic heterocycles. The molecular weight excluding hydrogens is 471 g/mol. The molecule has 1 atom stereocenters. The van der Waals surface area contributed by atoms with Crippen molar-refractivity contribution in [3.63, 3.8) is 0 Å². The van der Waals surface area contributed by atoms with Gasteiger partial charge in [0.15, 0.2) is 0 Å². The number of imide groups is 1. The summed E-state index contributed by atoms with van der Waals surface area (Å²) in [6.45, 7) is 2.29. The normalized spacial score (nSPS) is 16.2. The first-order valence-corrected chi connectivity index (χ1v) is 12.7. The number of halogens is 1. The highest BCUT2D eigenvalue weighted by Gasteiger charge is 2.46. The summed E-state index contributed by atoms with van der Waals surface area (Å²) >= 11 is 0. The average molecular weight is 497 g/mol. The molecule has 0 radical (unpaired) electrons. The SMILES string of the molecule is CCOc1ccc(N2C(=O)CC(N(CCc3ccccc3)S(=O)(=O)c3ccc(F)cc3)C2=O)cc1. The van der Waals surface area contributed by atoms with Gasteiger partial charge in [0.2, 0.25) is 15.9 Å². The molecule has 0 bridgehead atoms. The van der Waals surface area contributed by atoms with Crippen LogP contribution >= 0.6 is 0 Å². The van der Waals surface area contributed by atoms with Crippen LogP contribution in [-0.4, -0.2) is 43.7 Å². The van der Waals surface area contributed by atoms with E-state index in [9.17, 15) is 22.4 Å². The molecule has 9 heteroatoms. The van der Waals surface area contributed by atoms with Crippen molar-refractivity contribution in [1.82, 2.24) is 4.31 Å². The van der Waals surface area contributed by atoms with Gasteiger partial charge < -0.3 is 4.74 Å². The zero-order valence-electron chi connectivity index (χ0n) is 19.1. The molecule has 35 heavy (non-hydrogen) atoms. The molecule has 182 valence electrons. The maximum Gasteiger partial charge on any atom is 0.252 e. The van der Waals surface area contributed by atoms with Gasteiger partial charge in [0.1, 0.15) is 17.6 Å². The molecule has 0 spiro atoms. The Balaban J connectivity index is 1.66. The minimum Gasteiger partial charge on any atom is -0.494 e. The zero-order valence-corrected chi connectivity index (χ0v) is 19.9. The van der Waals surface area contributed by atoms with Crippen molar-refractivity contribution in [3.8, 4) is 5.75 Å². The average Bonchev–Trinajstić information content (AvgIpc) is 3.14. The number of ether oxygens (including phenoxy) is 1. The quantitative estimate of drug-likeness (QED) is 0.421. The summed E-state index contributed by atoms with van der Waals surface area (Å²) in [5.74, 6) is -1.11. The maximum atomic E-state index is 13.6. The topological polar surface area (TPSA) is 84.0 Å². The second-order valence-corrected chi connectivity index (χ2v) is 9.91. The fraction of sp³-hybridized carbons (Fsp3) is 0.231. The first-order chi connectivity index (χ1) is 16.8. The third kappa shape index (κ3) is 5.26. The molecule has 1 unspecified atom stereocenters. The van der Waals surface area contributed by atoms with Gasteiger partial charge in [-0.25, -0.2) is 17.7 Å².